The first-order valence-corrected chi connectivity index (χ1v) is 8.81. The molecule has 0 unspecified atom stereocenters. The minimum atomic E-state index is -0.0637. The summed E-state index contributed by atoms with van der Waals surface area (Å²) in [5.74, 6) is 1.33. The zero-order valence-electron chi connectivity index (χ0n) is 13.7. The average molecular weight is 341 g/mol. The Balaban J connectivity index is 1.55. The molecule has 0 aliphatic rings. The molecule has 0 atom stereocenters. The van der Waals surface area contributed by atoms with Crippen molar-refractivity contribution in [1.29, 1.82) is 0 Å². The number of nitrogens with zero attached hydrogens (tertiary/aromatic N) is 2. The molecular formula is C18H19N3O2S. The van der Waals surface area contributed by atoms with Gasteiger partial charge in [0.05, 0.1) is 0 Å². The van der Waals surface area contributed by atoms with E-state index in [1.54, 1.807) is 11.3 Å². The Kier molecular flexibility index (Phi) is 5.05. The molecule has 0 fully saturated rings. The molecule has 24 heavy (non-hydrogen) atoms. The van der Waals surface area contributed by atoms with Gasteiger partial charge in [0.15, 0.2) is 0 Å². The van der Waals surface area contributed by atoms with E-state index < -0.39 is 0 Å². The van der Waals surface area contributed by atoms with Gasteiger partial charge in [-0.2, -0.15) is 11.3 Å². The number of aryl methyl sites for hydroxylation is 1. The van der Waals surface area contributed by atoms with Crippen LogP contribution in [0.5, 0.6) is 0 Å². The van der Waals surface area contributed by atoms with Crippen molar-refractivity contribution < 1.29 is 9.21 Å². The zero-order chi connectivity index (χ0) is 16.9. The van der Waals surface area contributed by atoms with Crippen LogP contribution in [-0.2, 0) is 11.2 Å². The second kappa shape index (κ2) is 7.40. The molecule has 3 aromatic rings. The topological polar surface area (TPSA) is 68.0 Å². The number of hydrogen-bond donors (Lipinski definition) is 1. The Morgan fingerprint density at radius 1 is 1.29 bits per heavy atom. The van der Waals surface area contributed by atoms with Crippen molar-refractivity contribution in [1.82, 2.24) is 10.2 Å². The van der Waals surface area contributed by atoms with Crippen molar-refractivity contribution in [3.63, 3.8) is 0 Å². The van der Waals surface area contributed by atoms with Gasteiger partial charge in [0.25, 0.3) is 0 Å². The van der Waals surface area contributed by atoms with E-state index in [1.807, 2.05) is 35.0 Å². The number of aromatic nitrogens is 2. The van der Waals surface area contributed by atoms with Crippen molar-refractivity contribution in [3.05, 3.63) is 52.5 Å². The summed E-state index contributed by atoms with van der Waals surface area (Å²) in [6.45, 7) is 4.25. The van der Waals surface area contributed by atoms with E-state index in [9.17, 15) is 4.79 Å². The van der Waals surface area contributed by atoms with Crippen LogP contribution >= 0.6 is 11.3 Å². The van der Waals surface area contributed by atoms with Crippen molar-refractivity contribution in [2.45, 2.75) is 32.6 Å². The number of hydrogen-bond acceptors (Lipinski definition) is 5. The van der Waals surface area contributed by atoms with Crippen LogP contribution in [-0.4, -0.2) is 16.1 Å². The number of carbonyl (C=O) groups is 1. The molecule has 0 radical (unpaired) electrons. The third kappa shape index (κ3) is 4.08. The highest BCUT2D eigenvalue weighted by molar-refractivity contribution is 7.08. The van der Waals surface area contributed by atoms with Gasteiger partial charge in [0.2, 0.25) is 17.7 Å². The molecule has 5 nitrogen and oxygen atoms in total. The molecule has 0 saturated heterocycles. The molecule has 0 spiro atoms. The largest absolute Gasteiger partial charge is 0.421 e. The van der Waals surface area contributed by atoms with Gasteiger partial charge in [-0.15, -0.1) is 10.2 Å². The lowest BCUT2D eigenvalue weighted by Crippen LogP contribution is -2.12. The quantitative estimate of drug-likeness (QED) is 0.717. The summed E-state index contributed by atoms with van der Waals surface area (Å²) >= 11 is 1.57. The highest BCUT2D eigenvalue weighted by Gasteiger charge is 2.11. The Hall–Kier alpha value is -2.47. The van der Waals surface area contributed by atoms with E-state index in [-0.39, 0.29) is 5.91 Å². The van der Waals surface area contributed by atoms with Crippen LogP contribution in [0.1, 0.15) is 37.6 Å². The highest BCUT2D eigenvalue weighted by Crippen LogP contribution is 2.21. The maximum atomic E-state index is 12.1. The monoisotopic (exact) mass is 341 g/mol. The summed E-state index contributed by atoms with van der Waals surface area (Å²) in [6, 6.07) is 9.84. The summed E-state index contributed by atoms with van der Waals surface area (Å²) in [5.41, 5.74) is 2.93. The second-order valence-electron chi connectivity index (χ2n) is 5.84. The standard InChI is InChI=1S/C18H19N3O2S/c1-12(2)13-4-3-5-15(10-13)19-16(22)6-7-17-20-21-18(23-17)14-8-9-24-11-14/h3-5,8-12H,6-7H2,1-2H3,(H,19,22). The zero-order valence-corrected chi connectivity index (χ0v) is 14.5. The molecular weight excluding hydrogens is 322 g/mol. The second-order valence-corrected chi connectivity index (χ2v) is 6.62. The minimum Gasteiger partial charge on any atom is -0.421 e. The first kappa shape index (κ1) is 16.4. The van der Waals surface area contributed by atoms with E-state index in [1.165, 1.54) is 5.56 Å². The molecule has 6 heteroatoms. The van der Waals surface area contributed by atoms with E-state index in [4.69, 9.17) is 4.42 Å². The van der Waals surface area contributed by atoms with Gasteiger partial charge in [0, 0.05) is 29.5 Å². The van der Waals surface area contributed by atoms with E-state index in [0.29, 0.717) is 30.5 Å². The number of benzene rings is 1. The summed E-state index contributed by atoms with van der Waals surface area (Å²) < 4.78 is 5.58. The summed E-state index contributed by atoms with van der Waals surface area (Å²) in [6.07, 6.45) is 0.726. The van der Waals surface area contributed by atoms with Crippen LogP contribution in [0.4, 0.5) is 5.69 Å². The number of rotatable bonds is 6. The molecule has 0 aliphatic heterocycles. The smallest absolute Gasteiger partial charge is 0.248 e. The summed E-state index contributed by atoms with van der Waals surface area (Å²) in [7, 11) is 0. The van der Waals surface area contributed by atoms with Crippen LogP contribution < -0.4 is 5.32 Å². The molecule has 2 aromatic heterocycles. The fourth-order valence-electron chi connectivity index (χ4n) is 2.28. The van der Waals surface area contributed by atoms with Gasteiger partial charge >= 0.3 is 0 Å². The fraction of sp³-hybridized carbons (Fsp3) is 0.278. The van der Waals surface area contributed by atoms with E-state index in [2.05, 4.69) is 35.4 Å². The predicted molar refractivity (Wildman–Crippen MR) is 95.1 cm³/mol. The first-order chi connectivity index (χ1) is 11.6. The first-order valence-electron chi connectivity index (χ1n) is 7.86. The van der Waals surface area contributed by atoms with E-state index in [0.717, 1.165) is 11.3 Å². The maximum Gasteiger partial charge on any atom is 0.248 e. The normalized spacial score (nSPS) is 11.0. The number of nitrogens with one attached hydrogen (secondary N) is 1. The third-order valence-corrected chi connectivity index (χ3v) is 4.32. The SMILES string of the molecule is CC(C)c1cccc(NC(=O)CCc2nnc(-c3ccsc3)o2)c1. The Bertz CT molecular complexity index is 809. The Labute approximate surface area is 144 Å². The van der Waals surface area contributed by atoms with Gasteiger partial charge < -0.3 is 9.73 Å². The van der Waals surface area contributed by atoms with Crippen LogP contribution in [0.3, 0.4) is 0 Å². The molecule has 0 saturated carbocycles. The summed E-state index contributed by atoms with van der Waals surface area (Å²) in [5, 5.41) is 14.8. The van der Waals surface area contributed by atoms with Crippen LogP contribution in [0.15, 0.2) is 45.5 Å². The lowest BCUT2D eigenvalue weighted by molar-refractivity contribution is -0.116. The lowest BCUT2D eigenvalue weighted by Gasteiger charge is -2.09. The van der Waals surface area contributed by atoms with Gasteiger partial charge in [0.1, 0.15) is 0 Å². The minimum absolute atomic E-state index is 0.0637. The number of thiophene rings is 1. The molecule has 1 amide bonds. The van der Waals surface area contributed by atoms with Gasteiger partial charge in [-0.3, -0.25) is 4.79 Å². The highest BCUT2D eigenvalue weighted by atomic mass is 32.1. The number of amides is 1. The number of anilines is 1. The van der Waals surface area contributed by atoms with Crippen molar-refractivity contribution >= 4 is 22.9 Å². The molecule has 2 heterocycles. The molecule has 1 aromatic carbocycles. The maximum absolute atomic E-state index is 12.1. The Morgan fingerprint density at radius 2 is 2.17 bits per heavy atom. The van der Waals surface area contributed by atoms with Crippen molar-refractivity contribution in [2.75, 3.05) is 5.32 Å². The fourth-order valence-corrected chi connectivity index (χ4v) is 2.91. The van der Waals surface area contributed by atoms with Crippen molar-refractivity contribution in [2.24, 2.45) is 0 Å². The molecule has 0 aliphatic carbocycles. The number of carbonyl (C=O) groups excluding carboxylic acids is 1. The molecule has 124 valence electrons. The van der Waals surface area contributed by atoms with Gasteiger partial charge in [-0.1, -0.05) is 26.0 Å². The van der Waals surface area contributed by atoms with Gasteiger partial charge in [-0.05, 0) is 35.1 Å². The lowest BCUT2D eigenvalue weighted by atomic mass is 10.0. The van der Waals surface area contributed by atoms with Gasteiger partial charge in [-0.25, -0.2) is 0 Å². The van der Waals surface area contributed by atoms with Crippen LogP contribution in [0.2, 0.25) is 0 Å². The van der Waals surface area contributed by atoms with Crippen LogP contribution in [0.25, 0.3) is 11.5 Å². The Morgan fingerprint density at radius 3 is 2.92 bits per heavy atom. The predicted octanol–water partition coefficient (Wildman–Crippen LogP) is 4.49. The van der Waals surface area contributed by atoms with Crippen LogP contribution in [0, 0.1) is 0 Å². The van der Waals surface area contributed by atoms with Crippen molar-refractivity contribution in [3.8, 4) is 11.5 Å². The average Bonchev–Trinajstić information content (AvgIpc) is 3.24. The molecule has 0 bridgehead atoms. The third-order valence-electron chi connectivity index (χ3n) is 3.64. The summed E-state index contributed by atoms with van der Waals surface area (Å²) in [4.78, 5) is 12.1. The molecule has 3 rings (SSSR count). The van der Waals surface area contributed by atoms with E-state index >= 15 is 0 Å². The molecule has 1 N–H and O–H groups in total.